The van der Waals surface area contributed by atoms with Crippen molar-refractivity contribution in [3.05, 3.63) is 0 Å². The number of alkyl halides is 1. The van der Waals surface area contributed by atoms with E-state index >= 15 is 0 Å². The van der Waals surface area contributed by atoms with E-state index in [0.717, 1.165) is 19.4 Å². The predicted octanol–water partition coefficient (Wildman–Crippen LogP) is 1.44. The monoisotopic (exact) mass is 175 g/mol. The molecule has 0 aromatic carbocycles. The van der Waals surface area contributed by atoms with E-state index in [4.69, 9.17) is 0 Å². The van der Waals surface area contributed by atoms with Gasteiger partial charge in [-0.2, -0.15) is 0 Å². The first-order valence-corrected chi connectivity index (χ1v) is 4.50. The van der Waals surface area contributed by atoms with Crippen molar-refractivity contribution in [3.8, 4) is 0 Å². The molecule has 2 atom stereocenters. The Kier molecular flexibility index (Phi) is 2.45. The van der Waals surface area contributed by atoms with E-state index in [1.165, 1.54) is 0 Å². The molecule has 1 unspecified atom stereocenters. The zero-order chi connectivity index (χ0) is 9.41. The molecule has 1 fully saturated rings. The minimum atomic E-state index is -2.09. The van der Waals surface area contributed by atoms with Crippen molar-refractivity contribution in [1.82, 2.24) is 5.32 Å². The van der Waals surface area contributed by atoms with Crippen molar-refractivity contribution < 1.29 is 9.50 Å². The molecule has 1 saturated heterocycles. The summed E-state index contributed by atoms with van der Waals surface area (Å²) in [6.45, 7) is 5.96. The summed E-state index contributed by atoms with van der Waals surface area (Å²) in [5, 5.41) is 12.6. The van der Waals surface area contributed by atoms with E-state index in [9.17, 15) is 9.50 Å². The zero-order valence-electron chi connectivity index (χ0n) is 8.02. The van der Waals surface area contributed by atoms with Crippen LogP contribution in [-0.4, -0.2) is 23.5 Å². The Morgan fingerprint density at radius 2 is 2.00 bits per heavy atom. The summed E-state index contributed by atoms with van der Waals surface area (Å²) in [4.78, 5) is 0. The summed E-state index contributed by atoms with van der Waals surface area (Å²) in [7, 11) is 0. The van der Waals surface area contributed by atoms with Crippen molar-refractivity contribution in [2.75, 3.05) is 6.54 Å². The molecule has 1 rings (SSSR count). The highest BCUT2D eigenvalue weighted by Gasteiger charge is 2.48. The van der Waals surface area contributed by atoms with Gasteiger partial charge in [-0.05, 0) is 19.4 Å². The van der Waals surface area contributed by atoms with Gasteiger partial charge in [-0.1, -0.05) is 20.8 Å². The lowest BCUT2D eigenvalue weighted by molar-refractivity contribution is -0.186. The van der Waals surface area contributed by atoms with Crippen LogP contribution in [0.25, 0.3) is 0 Å². The van der Waals surface area contributed by atoms with Crippen LogP contribution in [0.5, 0.6) is 0 Å². The number of hydrogen-bond donors (Lipinski definition) is 2. The fraction of sp³-hybridized carbons (Fsp3) is 1.00. The molecule has 3 heteroatoms. The lowest BCUT2D eigenvalue weighted by Gasteiger charge is -2.37. The molecule has 2 N–H and O–H groups in total. The van der Waals surface area contributed by atoms with Crippen LogP contribution in [0.4, 0.5) is 4.39 Å². The number of hydrogen-bond acceptors (Lipinski definition) is 2. The molecule has 72 valence electrons. The highest BCUT2D eigenvalue weighted by molar-refractivity contribution is 4.94. The largest absolute Gasteiger partial charge is 0.360 e. The van der Waals surface area contributed by atoms with Gasteiger partial charge >= 0.3 is 0 Å². The van der Waals surface area contributed by atoms with Crippen LogP contribution in [-0.2, 0) is 0 Å². The summed E-state index contributed by atoms with van der Waals surface area (Å²) in [5.41, 5.74) is -0.713. The Morgan fingerprint density at radius 1 is 1.42 bits per heavy atom. The van der Waals surface area contributed by atoms with Crippen molar-refractivity contribution in [2.24, 2.45) is 5.41 Å². The van der Waals surface area contributed by atoms with Crippen LogP contribution in [0.2, 0.25) is 0 Å². The topological polar surface area (TPSA) is 32.3 Å². The third-order valence-corrected chi connectivity index (χ3v) is 2.57. The van der Waals surface area contributed by atoms with Crippen molar-refractivity contribution in [2.45, 2.75) is 45.5 Å². The first-order chi connectivity index (χ1) is 5.36. The van der Waals surface area contributed by atoms with Crippen molar-refractivity contribution in [3.63, 3.8) is 0 Å². The quantitative estimate of drug-likeness (QED) is 0.632. The maximum Gasteiger partial charge on any atom is 0.227 e. The van der Waals surface area contributed by atoms with Gasteiger partial charge in [0.25, 0.3) is 0 Å². The number of nitrogens with one attached hydrogen (secondary N) is 1. The molecule has 1 aliphatic heterocycles. The van der Waals surface area contributed by atoms with Crippen LogP contribution in [0.3, 0.4) is 0 Å². The van der Waals surface area contributed by atoms with E-state index in [2.05, 4.69) is 5.32 Å². The summed E-state index contributed by atoms with van der Waals surface area (Å²) < 4.78 is 13.8. The normalized spacial score (nSPS) is 30.2. The molecule has 0 amide bonds. The summed E-state index contributed by atoms with van der Waals surface area (Å²) in [6, 6.07) is -0.391. The molecule has 0 bridgehead atoms. The smallest absolute Gasteiger partial charge is 0.227 e. The van der Waals surface area contributed by atoms with Crippen molar-refractivity contribution >= 4 is 0 Å². The maximum absolute atomic E-state index is 13.8. The number of halogens is 1. The Hall–Kier alpha value is -0.150. The van der Waals surface area contributed by atoms with Crippen LogP contribution in [0.1, 0.15) is 33.6 Å². The standard InChI is InChI=1S/C9H18FNO/c1-8(2,3)9(10,12)7-5-4-6-11-7/h7,11-12H,4-6H2,1-3H3/t7-,9?/m0/s1. The highest BCUT2D eigenvalue weighted by Crippen LogP contribution is 2.37. The first-order valence-electron chi connectivity index (χ1n) is 4.50. The molecular weight excluding hydrogens is 157 g/mol. The van der Waals surface area contributed by atoms with Gasteiger partial charge in [0.15, 0.2) is 0 Å². The molecule has 2 nitrogen and oxygen atoms in total. The van der Waals surface area contributed by atoms with E-state index in [1.807, 2.05) is 0 Å². The molecule has 1 aliphatic rings. The first kappa shape index (κ1) is 9.93. The zero-order valence-corrected chi connectivity index (χ0v) is 8.02. The fourth-order valence-corrected chi connectivity index (χ4v) is 1.53. The van der Waals surface area contributed by atoms with Crippen LogP contribution in [0.15, 0.2) is 0 Å². The Morgan fingerprint density at radius 3 is 2.33 bits per heavy atom. The molecule has 1 heterocycles. The van der Waals surface area contributed by atoms with Gasteiger partial charge in [-0.3, -0.25) is 0 Å². The number of aliphatic hydroxyl groups is 1. The summed E-state index contributed by atoms with van der Waals surface area (Å²) >= 11 is 0. The Labute approximate surface area is 73.2 Å². The van der Waals surface area contributed by atoms with Gasteiger partial charge in [-0.25, -0.2) is 4.39 Å². The van der Waals surface area contributed by atoms with Gasteiger partial charge in [0.1, 0.15) is 0 Å². The lowest BCUT2D eigenvalue weighted by Crippen LogP contribution is -2.52. The molecule has 0 aromatic heterocycles. The summed E-state index contributed by atoms with van der Waals surface area (Å²) in [6.07, 6.45) is 1.68. The molecule has 0 aromatic rings. The third-order valence-electron chi connectivity index (χ3n) is 2.57. The second kappa shape index (κ2) is 2.96. The predicted molar refractivity (Wildman–Crippen MR) is 46.5 cm³/mol. The van der Waals surface area contributed by atoms with Crippen LogP contribution in [0, 0.1) is 5.41 Å². The van der Waals surface area contributed by atoms with Crippen LogP contribution < -0.4 is 5.32 Å². The molecule has 12 heavy (non-hydrogen) atoms. The van der Waals surface area contributed by atoms with E-state index in [1.54, 1.807) is 20.8 Å². The average Bonchev–Trinajstić information content (AvgIpc) is 2.34. The second-order valence-electron chi connectivity index (χ2n) is 4.57. The van der Waals surface area contributed by atoms with E-state index in [-0.39, 0.29) is 0 Å². The Balaban J connectivity index is 2.69. The van der Waals surface area contributed by atoms with Gasteiger partial charge in [0.05, 0.1) is 6.04 Å². The lowest BCUT2D eigenvalue weighted by atomic mass is 9.82. The fourth-order valence-electron chi connectivity index (χ4n) is 1.53. The van der Waals surface area contributed by atoms with Gasteiger partial charge < -0.3 is 10.4 Å². The minimum Gasteiger partial charge on any atom is -0.360 e. The minimum absolute atomic E-state index is 0.391. The van der Waals surface area contributed by atoms with Crippen LogP contribution >= 0.6 is 0 Å². The molecule has 0 saturated carbocycles. The third kappa shape index (κ3) is 1.62. The SMILES string of the molecule is CC(C)(C)C(O)(F)[C@@H]1CCCN1. The molecule has 0 radical (unpaired) electrons. The van der Waals surface area contributed by atoms with E-state index < -0.39 is 17.3 Å². The molecule has 0 aliphatic carbocycles. The average molecular weight is 175 g/mol. The summed E-state index contributed by atoms with van der Waals surface area (Å²) in [5.74, 6) is -2.09. The molecular formula is C9H18FNO. The number of rotatable bonds is 1. The van der Waals surface area contributed by atoms with Crippen molar-refractivity contribution in [1.29, 1.82) is 0 Å². The van der Waals surface area contributed by atoms with E-state index in [0.29, 0.717) is 0 Å². The second-order valence-corrected chi connectivity index (χ2v) is 4.57. The van der Waals surface area contributed by atoms with Gasteiger partial charge in [0.2, 0.25) is 5.85 Å². The van der Waals surface area contributed by atoms with Gasteiger partial charge in [0, 0.05) is 5.41 Å². The highest BCUT2D eigenvalue weighted by atomic mass is 19.2. The molecule has 0 spiro atoms. The van der Waals surface area contributed by atoms with Gasteiger partial charge in [-0.15, -0.1) is 0 Å². The Bertz CT molecular complexity index is 156. The maximum atomic E-state index is 13.8.